The number of nitrogens with one attached hydrogen (secondary N) is 1. The van der Waals surface area contributed by atoms with Crippen molar-refractivity contribution in [2.24, 2.45) is 0 Å². The Balaban J connectivity index is 2.48. The Morgan fingerprint density at radius 3 is 2.83 bits per heavy atom. The van der Waals surface area contributed by atoms with Gasteiger partial charge in [0.2, 0.25) is 20.1 Å². The fourth-order valence-electron chi connectivity index (χ4n) is 1.33. The number of rotatable bonds is 3. The van der Waals surface area contributed by atoms with Gasteiger partial charge in [-0.25, -0.2) is 13.4 Å². The highest BCUT2D eigenvalue weighted by molar-refractivity contribution is 9.10. The molecule has 1 N–H and O–H groups in total. The van der Waals surface area contributed by atoms with Crippen molar-refractivity contribution >= 4 is 53.2 Å². The predicted octanol–water partition coefficient (Wildman–Crippen LogP) is 1.58. The first-order valence-corrected chi connectivity index (χ1v) is 8.18. The van der Waals surface area contributed by atoms with Gasteiger partial charge in [0.15, 0.2) is 0 Å². The van der Waals surface area contributed by atoms with Crippen LogP contribution in [0.4, 0.5) is 0 Å². The zero-order valence-electron chi connectivity index (χ0n) is 9.31. The van der Waals surface area contributed by atoms with Gasteiger partial charge in [-0.2, -0.15) is 0 Å². The first-order chi connectivity index (χ1) is 8.44. The number of carbonyl (C=O) groups is 1. The number of carbonyl (C=O) groups excluding carboxylic acids is 1. The standard InChI is InChI=1S/C10H9BrN2O3S2/c1-12-8(14)5-18(15,16)10-13-7-4-2-3-6(11)9(7)17-10/h2-4H,5H2,1H3,(H,12,14). The molecule has 0 aliphatic rings. The van der Waals surface area contributed by atoms with Crippen molar-refractivity contribution in [1.82, 2.24) is 10.3 Å². The van der Waals surface area contributed by atoms with Gasteiger partial charge in [-0.05, 0) is 28.1 Å². The van der Waals surface area contributed by atoms with Crippen LogP contribution < -0.4 is 5.32 Å². The number of nitrogens with zero attached hydrogens (tertiary/aromatic N) is 1. The number of halogens is 1. The van der Waals surface area contributed by atoms with Crippen molar-refractivity contribution in [1.29, 1.82) is 0 Å². The number of amides is 1. The van der Waals surface area contributed by atoms with Gasteiger partial charge < -0.3 is 5.32 Å². The van der Waals surface area contributed by atoms with Crippen molar-refractivity contribution in [3.05, 3.63) is 22.7 Å². The van der Waals surface area contributed by atoms with E-state index in [1.165, 1.54) is 7.05 Å². The molecule has 1 aromatic carbocycles. The van der Waals surface area contributed by atoms with E-state index in [4.69, 9.17) is 0 Å². The molecule has 1 aromatic heterocycles. The lowest BCUT2D eigenvalue weighted by Gasteiger charge is -1.98. The molecular weight excluding hydrogens is 340 g/mol. The van der Waals surface area contributed by atoms with Gasteiger partial charge in [-0.3, -0.25) is 4.79 Å². The number of fused-ring (bicyclic) bond motifs is 1. The van der Waals surface area contributed by atoms with Crippen LogP contribution in [0.5, 0.6) is 0 Å². The van der Waals surface area contributed by atoms with Crippen molar-refractivity contribution in [3.8, 4) is 0 Å². The second-order valence-corrected chi connectivity index (χ2v) is 7.52. The molecule has 0 saturated heterocycles. The number of sulfone groups is 1. The third kappa shape index (κ3) is 2.55. The van der Waals surface area contributed by atoms with Gasteiger partial charge in [-0.1, -0.05) is 6.07 Å². The molecule has 96 valence electrons. The van der Waals surface area contributed by atoms with E-state index in [1.807, 2.05) is 6.07 Å². The topological polar surface area (TPSA) is 76.1 Å². The zero-order chi connectivity index (χ0) is 13.3. The Morgan fingerprint density at radius 1 is 1.50 bits per heavy atom. The maximum atomic E-state index is 12.0. The van der Waals surface area contributed by atoms with Crippen LogP contribution in [0.2, 0.25) is 0 Å². The first kappa shape index (κ1) is 13.4. The minimum Gasteiger partial charge on any atom is -0.358 e. The molecule has 1 heterocycles. The zero-order valence-corrected chi connectivity index (χ0v) is 12.5. The van der Waals surface area contributed by atoms with Crippen LogP contribution in [0.25, 0.3) is 10.2 Å². The summed E-state index contributed by atoms with van der Waals surface area (Å²) in [6.07, 6.45) is 0. The van der Waals surface area contributed by atoms with Crippen LogP contribution in [-0.4, -0.2) is 32.1 Å². The van der Waals surface area contributed by atoms with E-state index >= 15 is 0 Å². The monoisotopic (exact) mass is 348 g/mol. The largest absolute Gasteiger partial charge is 0.358 e. The minimum atomic E-state index is -3.68. The summed E-state index contributed by atoms with van der Waals surface area (Å²) in [7, 11) is -2.28. The molecule has 0 unspecified atom stereocenters. The lowest BCUT2D eigenvalue weighted by molar-refractivity contribution is -0.118. The number of benzene rings is 1. The first-order valence-electron chi connectivity index (χ1n) is 4.92. The minimum absolute atomic E-state index is 0.0343. The summed E-state index contributed by atoms with van der Waals surface area (Å²) in [5, 5.41) is 2.29. The maximum absolute atomic E-state index is 12.0. The van der Waals surface area contributed by atoms with Gasteiger partial charge in [0.1, 0.15) is 5.75 Å². The van der Waals surface area contributed by atoms with Crippen LogP contribution in [0, 0.1) is 0 Å². The van der Waals surface area contributed by atoms with E-state index in [1.54, 1.807) is 12.1 Å². The summed E-state index contributed by atoms with van der Waals surface area (Å²) in [5.74, 6) is -1.13. The maximum Gasteiger partial charge on any atom is 0.235 e. The summed E-state index contributed by atoms with van der Waals surface area (Å²) in [6, 6.07) is 5.33. The molecular formula is C10H9BrN2O3S2. The Bertz CT molecular complexity index is 709. The Morgan fingerprint density at radius 2 is 2.22 bits per heavy atom. The third-order valence-electron chi connectivity index (χ3n) is 2.21. The molecule has 0 bridgehead atoms. The predicted molar refractivity (Wildman–Crippen MR) is 73.4 cm³/mol. The smallest absolute Gasteiger partial charge is 0.235 e. The summed E-state index contributed by atoms with van der Waals surface area (Å²) >= 11 is 4.40. The second kappa shape index (κ2) is 4.94. The van der Waals surface area contributed by atoms with Crippen LogP contribution in [0.15, 0.2) is 27.0 Å². The molecule has 1 amide bonds. The van der Waals surface area contributed by atoms with E-state index in [2.05, 4.69) is 26.2 Å². The highest BCUT2D eigenvalue weighted by atomic mass is 79.9. The molecule has 5 nitrogen and oxygen atoms in total. The van der Waals surface area contributed by atoms with Crippen LogP contribution in [-0.2, 0) is 14.6 Å². The van der Waals surface area contributed by atoms with Crippen LogP contribution in [0.3, 0.4) is 0 Å². The lowest BCUT2D eigenvalue weighted by atomic mass is 10.3. The molecule has 0 spiro atoms. The quantitative estimate of drug-likeness (QED) is 0.913. The molecule has 0 fully saturated rings. The van der Waals surface area contributed by atoms with Gasteiger partial charge >= 0.3 is 0 Å². The molecule has 0 radical (unpaired) electrons. The van der Waals surface area contributed by atoms with E-state index in [-0.39, 0.29) is 4.34 Å². The highest BCUT2D eigenvalue weighted by Crippen LogP contribution is 2.31. The van der Waals surface area contributed by atoms with E-state index in [9.17, 15) is 13.2 Å². The molecule has 8 heteroatoms. The molecule has 0 saturated carbocycles. The number of thiazole rings is 1. The lowest BCUT2D eigenvalue weighted by Crippen LogP contribution is -2.26. The summed E-state index contributed by atoms with van der Waals surface area (Å²) in [4.78, 5) is 15.2. The van der Waals surface area contributed by atoms with Gasteiger partial charge in [0, 0.05) is 11.5 Å². The molecule has 0 aliphatic carbocycles. The number of hydrogen-bond donors (Lipinski definition) is 1. The average molecular weight is 349 g/mol. The third-order valence-corrected chi connectivity index (χ3v) is 6.31. The van der Waals surface area contributed by atoms with Crippen molar-refractivity contribution in [2.75, 3.05) is 12.8 Å². The van der Waals surface area contributed by atoms with Gasteiger partial charge in [-0.15, -0.1) is 11.3 Å². The molecule has 0 aliphatic heterocycles. The van der Waals surface area contributed by atoms with Crippen LogP contribution >= 0.6 is 27.3 Å². The molecule has 2 aromatic rings. The van der Waals surface area contributed by atoms with Gasteiger partial charge in [0.05, 0.1) is 10.2 Å². The van der Waals surface area contributed by atoms with E-state index in [0.717, 1.165) is 20.5 Å². The average Bonchev–Trinajstić information content (AvgIpc) is 2.74. The Hall–Kier alpha value is -0.990. The summed E-state index contributed by atoms with van der Waals surface area (Å²) in [6.45, 7) is 0. The van der Waals surface area contributed by atoms with Crippen molar-refractivity contribution < 1.29 is 13.2 Å². The summed E-state index contributed by atoms with van der Waals surface area (Å²) in [5.41, 5.74) is 0.602. The molecule has 0 atom stereocenters. The molecule has 2 rings (SSSR count). The number of hydrogen-bond acceptors (Lipinski definition) is 5. The van der Waals surface area contributed by atoms with E-state index in [0.29, 0.717) is 5.52 Å². The van der Waals surface area contributed by atoms with Gasteiger partial charge in [0.25, 0.3) is 0 Å². The highest BCUT2D eigenvalue weighted by Gasteiger charge is 2.23. The fraction of sp³-hybridized carbons (Fsp3) is 0.200. The van der Waals surface area contributed by atoms with Crippen LogP contribution in [0.1, 0.15) is 0 Å². The van der Waals surface area contributed by atoms with Crippen molar-refractivity contribution in [3.63, 3.8) is 0 Å². The Labute approximate surface area is 116 Å². The second-order valence-electron chi connectivity index (χ2n) is 3.50. The SMILES string of the molecule is CNC(=O)CS(=O)(=O)c1nc2cccc(Br)c2s1. The number of aromatic nitrogens is 1. The summed E-state index contributed by atoms with van der Waals surface area (Å²) < 4.78 is 25.4. The Kier molecular flexibility index (Phi) is 3.69. The fourth-order valence-corrected chi connectivity index (χ4v) is 4.42. The normalized spacial score (nSPS) is 11.7. The van der Waals surface area contributed by atoms with E-state index < -0.39 is 21.5 Å². The molecule has 18 heavy (non-hydrogen) atoms. The van der Waals surface area contributed by atoms with Crippen molar-refractivity contribution in [2.45, 2.75) is 4.34 Å².